The molecule has 28 heavy (non-hydrogen) atoms. The Labute approximate surface area is 162 Å². The Balaban J connectivity index is 1.71. The lowest BCUT2D eigenvalue weighted by Gasteiger charge is -2.10. The number of benzene rings is 3. The summed E-state index contributed by atoms with van der Waals surface area (Å²) >= 11 is 0. The van der Waals surface area contributed by atoms with Crippen LogP contribution in [0.3, 0.4) is 0 Å². The van der Waals surface area contributed by atoms with Crippen molar-refractivity contribution in [2.75, 3.05) is 5.32 Å². The Bertz CT molecular complexity index is 1030. The third-order valence-corrected chi connectivity index (χ3v) is 3.97. The van der Waals surface area contributed by atoms with E-state index >= 15 is 0 Å². The molecular weight excluding hydrogens is 354 g/mol. The van der Waals surface area contributed by atoms with Gasteiger partial charge in [0.1, 0.15) is 5.75 Å². The molecule has 0 heterocycles. The number of para-hydroxylation sites is 1. The van der Waals surface area contributed by atoms with Crippen LogP contribution in [0.2, 0.25) is 0 Å². The smallest absolute Gasteiger partial charge is 0.273 e. The first-order valence-electron chi connectivity index (χ1n) is 8.62. The standard InChI is InChI=1S/C22H19N3O3/c1-15-5-4-6-17(13-15)21(27)24-20-8-3-2-7-19(20)22(28)25-23-14-16-9-11-18(26)12-10-16/h2-14,26H,1H3,(H,24,27)(H,25,28)/b23-14-. The third-order valence-electron chi connectivity index (χ3n) is 3.97. The van der Waals surface area contributed by atoms with Gasteiger partial charge in [0.15, 0.2) is 0 Å². The zero-order chi connectivity index (χ0) is 19.9. The van der Waals surface area contributed by atoms with Gasteiger partial charge in [0, 0.05) is 5.56 Å². The van der Waals surface area contributed by atoms with Crippen molar-refractivity contribution in [3.05, 3.63) is 95.1 Å². The van der Waals surface area contributed by atoms with Gasteiger partial charge in [-0.2, -0.15) is 5.10 Å². The summed E-state index contributed by atoms with van der Waals surface area (Å²) in [5, 5.41) is 16.0. The van der Waals surface area contributed by atoms with Gasteiger partial charge < -0.3 is 10.4 Å². The number of carbonyl (C=O) groups excluding carboxylic acids is 2. The number of aryl methyl sites for hydroxylation is 1. The highest BCUT2D eigenvalue weighted by Crippen LogP contribution is 2.17. The van der Waals surface area contributed by atoms with Crippen LogP contribution in [0.5, 0.6) is 5.75 Å². The molecule has 0 saturated carbocycles. The van der Waals surface area contributed by atoms with Gasteiger partial charge in [-0.15, -0.1) is 0 Å². The zero-order valence-corrected chi connectivity index (χ0v) is 15.2. The molecule has 6 heteroatoms. The molecule has 3 aromatic rings. The highest BCUT2D eigenvalue weighted by molar-refractivity contribution is 6.09. The first-order valence-corrected chi connectivity index (χ1v) is 8.62. The van der Waals surface area contributed by atoms with Crippen LogP contribution < -0.4 is 10.7 Å². The van der Waals surface area contributed by atoms with Crippen LogP contribution in [0.15, 0.2) is 77.9 Å². The molecule has 0 atom stereocenters. The SMILES string of the molecule is Cc1cccc(C(=O)Nc2ccccc2C(=O)N/N=C\c2ccc(O)cc2)c1. The average Bonchev–Trinajstić information content (AvgIpc) is 2.70. The third kappa shape index (κ3) is 4.82. The second-order valence-electron chi connectivity index (χ2n) is 6.16. The summed E-state index contributed by atoms with van der Waals surface area (Å²) in [6, 6.07) is 20.3. The number of carbonyl (C=O) groups is 2. The molecular formula is C22H19N3O3. The number of hydrazone groups is 1. The van der Waals surface area contributed by atoms with E-state index in [1.54, 1.807) is 54.6 Å². The topological polar surface area (TPSA) is 90.8 Å². The van der Waals surface area contributed by atoms with E-state index in [4.69, 9.17) is 0 Å². The van der Waals surface area contributed by atoms with Gasteiger partial charge in [-0.1, -0.05) is 29.8 Å². The van der Waals surface area contributed by atoms with Crippen molar-refractivity contribution in [1.29, 1.82) is 0 Å². The van der Waals surface area contributed by atoms with E-state index in [1.807, 2.05) is 13.0 Å². The molecule has 140 valence electrons. The van der Waals surface area contributed by atoms with E-state index in [2.05, 4.69) is 15.8 Å². The summed E-state index contributed by atoms with van der Waals surface area (Å²) in [5.41, 5.74) is 5.34. The number of hydrogen-bond donors (Lipinski definition) is 3. The van der Waals surface area contributed by atoms with Crippen LogP contribution >= 0.6 is 0 Å². The van der Waals surface area contributed by atoms with E-state index in [9.17, 15) is 14.7 Å². The Morgan fingerprint density at radius 3 is 2.43 bits per heavy atom. The normalized spacial score (nSPS) is 10.6. The predicted octanol–water partition coefficient (Wildman–Crippen LogP) is 3.72. The van der Waals surface area contributed by atoms with Crippen molar-refractivity contribution in [3.63, 3.8) is 0 Å². The maximum Gasteiger partial charge on any atom is 0.273 e. The van der Waals surface area contributed by atoms with Crippen LogP contribution in [0, 0.1) is 6.92 Å². The summed E-state index contributed by atoms with van der Waals surface area (Å²) in [6.07, 6.45) is 1.46. The van der Waals surface area contributed by atoms with Crippen molar-refractivity contribution in [2.45, 2.75) is 6.92 Å². The fourth-order valence-electron chi connectivity index (χ4n) is 2.56. The van der Waals surface area contributed by atoms with Crippen molar-refractivity contribution in [2.24, 2.45) is 5.10 Å². The maximum atomic E-state index is 12.5. The number of rotatable bonds is 5. The summed E-state index contributed by atoms with van der Waals surface area (Å²) < 4.78 is 0. The highest BCUT2D eigenvalue weighted by Gasteiger charge is 2.13. The molecule has 0 fully saturated rings. The van der Waals surface area contributed by atoms with Gasteiger partial charge in [-0.05, 0) is 61.0 Å². The molecule has 0 spiro atoms. The van der Waals surface area contributed by atoms with Gasteiger partial charge >= 0.3 is 0 Å². The van der Waals surface area contributed by atoms with Crippen molar-refractivity contribution < 1.29 is 14.7 Å². The van der Waals surface area contributed by atoms with Crippen LogP contribution in [0.1, 0.15) is 31.8 Å². The Kier molecular flexibility index (Phi) is 5.81. The lowest BCUT2D eigenvalue weighted by Crippen LogP contribution is -2.21. The molecule has 0 aromatic heterocycles. The van der Waals surface area contributed by atoms with Crippen LogP contribution in [-0.4, -0.2) is 23.1 Å². The van der Waals surface area contributed by atoms with Crippen molar-refractivity contribution in [3.8, 4) is 5.75 Å². The monoisotopic (exact) mass is 373 g/mol. The Morgan fingerprint density at radius 1 is 0.929 bits per heavy atom. The van der Waals surface area contributed by atoms with Crippen LogP contribution in [-0.2, 0) is 0 Å². The molecule has 0 unspecified atom stereocenters. The van der Waals surface area contributed by atoms with Crippen LogP contribution in [0.4, 0.5) is 5.69 Å². The summed E-state index contributed by atoms with van der Waals surface area (Å²) in [6.45, 7) is 1.91. The minimum absolute atomic E-state index is 0.152. The molecule has 3 rings (SSSR count). The summed E-state index contributed by atoms with van der Waals surface area (Å²) in [7, 11) is 0. The van der Waals surface area contributed by atoms with E-state index < -0.39 is 5.91 Å². The van der Waals surface area contributed by atoms with E-state index in [-0.39, 0.29) is 11.7 Å². The van der Waals surface area contributed by atoms with Gasteiger partial charge in [0.2, 0.25) is 0 Å². The average molecular weight is 373 g/mol. The van der Waals surface area contributed by atoms with Crippen LogP contribution in [0.25, 0.3) is 0 Å². The number of hydrogen-bond acceptors (Lipinski definition) is 4. The lowest BCUT2D eigenvalue weighted by atomic mass is 10.1. The first-order chi connectivity index (χ1) is 13.5. The summed E-state index contributed by atoms with van der Waals surface area (Å²) in [4.78, 5) is 24.9. The Hall–Kier alpha value is -3.93. The quantitative estimate of drug-likeness (QED) is 0.470. The molecule has 0 aliphatic carbocycles. The number of nitrogens with zero attached hydrogens (tertiary/aromatic N) is 1. The zero-order valence-electron chi connectivity index (χ0n) is 15.2. The lowest BCUT2D eigenvalue weighted by molar-refractivity contribution is 0.0956. The molecule has 2 amide bonds. The van der Waals surface area contributed by atoms with E-state index in [0.29, 0.717) is 16.8 Å². The molecule has 0 bridgehead atoms. The van der Waals surface area contributed by atoms with Gasteiger partial charge in [0.05, 0.1) is 17.5 Å². The highest BCUT2D eigenvalue weighted by atomic mass is 16.3. The molecule has 0 radical (unpaired) electrons. The maximum absolute atomic E-state index is 12.5. The van der Waals surface area contributed by atoms with Crippen molar-refractivity contribution in [1.82, 2.24) is 5.43 Å². The van der Waals surface area contributed by atoms with Gasteiger partial charge in [0.25, 0.3) is 11.8 Å². The number of phenolic OH excluding ortho intramolecular Hbond substituents is 1. The second kappa shape index (κ2) is 8.64. The number of phenols is 1. The summed E-state index contributed by atoms with van der Waals surface area (Å²) in [5.74, 6) is -0.592. The Morgan fingerprint density at radius 2 is 1.68 bits per heavy atom. The molecule has 0 aliphatic rings. The molecule has 3 N–H and O–H groups in total. The number of nitrogens with one attached hydrogen (secondary N) is 2. The fraction of sp³-hybridized carbons (Fsp3) is 0.0455. The fourth-order valence-corrected chi connectivity index (χ4v) is 2.56. The van der Waals surface area contributed by atoms with Gasteiger partial charge in [-0.25, -0.2) is 5.43 Å². The van der Waals surface area contributed by atoms with Gasteiger partial charge in [-0.3, -0.25) is 9.59 Å². The largest absolute Gasteiger partial charge is 0.508 e. The number of amides is 2. The number of anilines is 1. The molecule has 0 aliphatic heterocycles. The molecule has 6 nitrogen and oxygen atoms in total. The molecule has 0 saturated heterocycles. The van der Waals surface area contributed by atoms with Crippen molar-refractivity contribution >= 4 is 23.7 Å². The van der Waals surface area contributed by atoms with E-state index in [0.717, 1.165) is 11.1 Å². The molecule has 3 aromatic carbocycles. The minimum atomic E-state index is -0.449. The number of aromatic hydroxyl groups is 1. The minimum Gasteiger partial charge on any atom is -0.508 e. The first kappa shape index (κ1) is 18.8. The predicted molar refractivity (Wildman–Crippen MR) is 109 cm³/mol. The second-order valence-corrected chi connectivity index (χ2v) is 6.16. The van der Waals surface area contributed by atoms with E-state index in [1.165, 1.54) is 18.3 Å².